The Bertz CT molecular complexity index is 2200. The van der Waals surface area contributed by atoms with Crippen molar-refractivity contribution in [2.75, 3.05) is 54.0 Å². The highest BCUT2D eigenvalue weighted by Gasteiger charge is 2.17. The van der Waals surface area contributed by atoms with Gasteiger partial charge in [-0.25, -0.2) is 15.0 Å². The zero-order chi connectivity index (χ0) is 38.0. The molecular formula is C51H48B3N6. The van der Waals surface area contributed by atoms with Gasteiger partial charge in [0.25, 0.3) is 0 Å². The number of aromatic nitrogens is 3. The molecule has 0 spiro atoms. The summed E-state index contributed by atoms with van der Waals surface area (Å²) < 4.78 is 0. The third-order valence-electron chi connectivity index (χ3n) is 12.0. The van der Waals surface area contributed by atoms with Crippen molar-refractivity contribution in [2.45, 2.75) is 38.5 Å². The fourth-order valence-corrected chi connectivity index (χ4v) is 8.80. The standard InChI is InChI=1S/C51H48N6.3B/c1-2-29-55(28-1)46-22-16-37(17-23-46)40-10-7-13-43(34-40)49-52-50(44-14-8-11-41(35-44)38-18-24-47(25-19-38)56-30-3-4-31-56)54-51(53-49)45-15-9-12-42(36-45)39-20-26-48(27-21-39)57-32-5-6-33-57;;;/h7-27,34-36H,1-6,28-33H2;;;. The first kappa shape index (κ1) is 42.1. The highest BCUT2D eigenvalue weighted by molar-refractivity contribution is 5.78. The lowest BCUT2D eigenvalue weighted by molar-refractivity contribution is 0.949. The summed E-state index contributed by atoms with van der Waals surface area (Å²) in [5, 5.41) is 0. The molecule has 0 saturated carbocycles. The topological polar surface area (TPSA) is 48.4 Å². The summed E-state index contributed by atoms with van der Waals surface area (Å²) in [4.78, 5) is 23.0. The number of nitrogens with zero attached hydrogens (tertiary/aromatic N) is 6. The van der Waals surface area contributed by atoms with Crippen LogP contribution in [0.25, 0.3) is 67.5 Å². The number of hydrogen-bond acceptors (Lipinski definition) is 6. The molecule has 10 rings (SSSR count). The highest BCUT2D eigenvalue weighted by atomic mass is 15.2. The molecule has 0 atom stereocenters. The second-order valence-electron chi connectivity index (χ2n) is 15.8. The molecule has 0 N–H and O–H groups in total. The van der Waals surface area contributed by atoms with Crippen LogP contribution in [-0.4, -0.2) is 79.5 Å². The Labute approximate surface area is 361 Å². The Morgan fingerprint density at radius 1 is 0.267 bits per heavy atom. The SMILES string of the molecule is [B].[B].[B].c1cc(-c2ccc(N3CCCC3)cc2)cc(-c2nc(-c3cccc(-c4ccc(N5CCCC5)cc4)c3)nc(-c3cccc(-c4ccc(N5CCCC5)cc4)c3)n2)c1. The van der Waals surface area contributed by atoms with Crippen LogP contribution in [0.5, 0.6) is 0 Å². The van der Waals surface area contributed by atoms with Crippen molar-refractivity contribution in [1.29, 1.82) is 0 Å². The van der Waals surface area contributed by atoms with E-state index in [1.165, 1.54) is 72.3 Å². The molecule has 1 aromatic heterocycles. The molecule has 291 valence electrons. The van der Waals surface area contributed by atoms with Crippen molar-refractivity contribution in [2.24, 2.45) is 0 Å². The minimum Gasteiger partial charge on any atom is -0.372 e. The van der Waals surface area contributed by atoms with Crippen molar-refractivity contribution >= 4 is 42.3 Å². The van der Waals surface area contributed by atoms with Gasteiger partial charge in [0.2, 0.25) is 0 Å². The zero-order valence-electron chi connectivity index (χ0n) is 34.3. The molecule has 6 nitrogen and oxygen atoms in total. The molecular weight excluding hydrogens is 729 g/mol. The molecule has 3 aliphatic heterocycles. The molecule has 7 aromatic rings. The van der Waals surface area contributed by atoms with Gasteiger partial charge in [-0.05, 0) is 127 Å². The predicted molar refractivity (Wildman–Crippen MR) is 254 cm³/mol. The van der Waals surface area contributed by atoms with Gasteiger partial charge in [0.15, 0.2) is 17.5 Å². The normalized spacial score (nSPS) is 14.7. The summed E-state index contributed by atoms with van der Waals surface area (Å²) in [6.45, 7) is 6.84. The van der Waals surface area contributed by atoms with E-state index in [9.17, 15) is 0 Å². The van der Waals surface area contributed by atoms with E-state index in [2.05, 4.69) is 160 Å². The average Bonchev–Trinajstić information content (AvgIpc) is 4.13. The molecule has 3 aliphatic rings. The third-order valence-corrected chi connectivity index (χ3v) is 12.0. The first-order chi connectivity index (χ1) is 28.2. The number of anilines is 3. The van der Waals surface area contributed by atoms with Gasteiger partial charge in [-0.2, -0.15) is 0 Å². The summed E-state index contributed by atoms with van der Waals surface area (Å²) in [6.07, 6.45) is 7.62. The van der Waals surface area contributed by atoms with Crippen LogP contribution in [0.3, 0.4) is 0 Å². The Kier molecular flexibility index (Phi) is 13.2. The third kappa shape index (κ3) is 8.91. The predicted octanol–water partition coefficient (Wildman–Crippen LogP) is 10.5. The van der Waals surface area contributed by atoms with Crippen molar-refractivity contribution in [3.63, 3.8) is 0 Å². The van der Waals surface area contributed by atoms with Crippen LogP contribution >= 0.6 is 0 Å². The number of benzene rings is 6. The van der Waals surface area contributed by atoms with Gasteiger partial charge < -0.3 is 14.7 Å². The van der Waals surface area contributed by atoms with E-state index in [4.69, 9.17) is 15.0 Å². The molecule has 3 saturated heterocycles. The summed E-state index contributed by atoms with van der Waals surface area (Å²) in [6, 6.07) is 52.8. The Balaban J connectivity index is 0.00000181. The minimum atomic E-state index is 0. The molecule has 9 radical (unpaired) electrons. The van der Waals surface area contributed by atoms with E-state index in [1.54, 1.807) is 0 Å². The van der Waals surface area contributed by atoms with Gasteiger partial charge >= 0.3 is 0 Å². The summed E-state index contributed by atoms with van der Waals surface area (Å²) >= 11 is 0. The van der Waals surface area contributed by atoms with E-state index in [0.717, 1.165) is 72.6 Å². The fraction of sp³-hybridized carbons (Fsp3) is 0.235. The van der Waals surface area contributed by atoms with Crippen LogP contribution in [0.15, 0.2) is 146 Å². The zero-order valence-corrected chi connectivity index (χ0v) is 34.3. The second-order valence-corrected chi connectivity index (χ2v) is 15.8. The molecule has 60 heavy (non-hydrogen) atoms. The van der Waals surface area contributed by atoms with Gasteiger partial charge in [0.1, 0.15) is 0 Å². The lowest BCUT2D eigenvalue weighted by atomic mass is 10.0. The molecule has 0 bridgehead atoms. The summed E-state index contributed by atoms with van der Waals surface area (Å²) in [5.74, 6) is 1.98. The molecule has 0 unspecified atom stereocenters. The van der Waals surface area contributed by atoms with Crippen LogP contribution in [0, 0.1) is 0 Å². The highest BCUT2D eigenvalue weighted by Crippen LogP contribution is 2.34. The van der Waals surface area contributed by atoms with Crippen molar-refractivity contribution in [1.82, 2.24) is 15.0 Å². The van der Waals surface area contributed by atoms with Gasteiger partial charge in [-0.1, -0.05) is 91.0 Å². The minimum absolute atomic E-state index is 0. The quantitative estimate of drug-likeness (QED) is 0.136. The van der Waals surface area contributed by atoms with E-state index < -0.39 is 0 Å². The van der Waals surface area contributed by atoms with Crippen LogP contribution in [-0.2, 0) is 0 Å². The first-order valence-electron chi connectivity index (χ1n) is 20.8. The maximum absolute atomic E-state index is 5.19. The molecule has 0 amide bonds. The van der Waals surface area contributed by atoms with Crippen molar-refractivity contribution in [3.05, 3.63) is 146 Å². The lowest BCUT2D eigenvalue weighted by Crippen LogP contribution is -2.17. The molecule has 0 aliphatic carbocycles. The Morgan fingerprint density at radius 2 is 0.500 bits per heavy atom. The summed E-state index contributed by atoms with van der Waals surface area (Å²) in [5.41, 5.74) is 13.8. The van der Waals surface area contributed by atoms with E-state index in [1.807, 2.05) is 0 Å². The summed E-state index contributed by atoms with van der Waals surface area (Å²) in [7, 11) is 0. The maximum atomic E-state index is 5.19. The lowest BCUT2D eigenvalue weighted by Gasteiger charge is -2.18. The average molecular weight is 777 g/mol. The maximum Gasteiger partial charge on any atom is 0.164 e. The van der Waals surface area contributed by atoms with E-state index in [-0.39, 0.29) is 25.2 Å². The molecule has 4 heterocycles. The fourth-order valence-electron chi connectivity index (χ4n) is 8.80. The van der Waals surface area contributed by atoms with Crippen molar-refractivity contribution in [3.8, 4) is 67.5 Å². The van der Waals surface area contributed by atoms with Crippen LogP contribution in [0.4, 0.5) is 17.1 Å². The number of rotatable bonds is 9. The van der Waals surface area contributed by atoms with Gasteiger partial charge in [0, 0.05) is 98.3 Å². The van der Waals surface area contributed by atoms with Gasteiger partial charge in [0.05, 0.1) is 0 Å². The first-order valence-corrected chi connectivity index (χ1v) is 20.8. The second kappa shape index (κ2) is 18.9. The smallest absolute Gasteiger partial charge is 0.164 e. The molecule has 9 heteroatoms. The van der Waals surface area contributed by atoms with E-state index >= 15 is 0 Å². The van der Waals surface area contributed by atoms with Crippen molar-refractivity contribution < 1.29 is 0 Å². The largest absolute Gasteiger partial charge is 0.372 e. The molecule has 6 aromatic carbocycles. The molecule has 3 fully saturated rings. The monoisotopic (exact) mass is 777 g/mol. The van der Waals surface area contributed by atoms with Crippen LogP contribution in [0.2, 0.25) is 0 Å². The van der Waals surface area contributed by atoms with E-state index in [0.29, 0.717) is 17.5 Å². The van der Waals surface area contributed by atoms with Gasteiger partial charge in [-0.15, -0.1) is 0 Å². The number of hydrogen-bond donors (Lipinski definition) is 0. The van der Waals surface area contributed by atoms with Crippen LogP contribution in [0.1, 0.15) is 38.5 Å². The Morgan fingerprint density at radius 3 is 0.750 bits per heavy atom. The van der Waals surface area contributed by atoms with Gasteiger partial charge in [-0.3, -0.25) is 0 Å². The Hall–Kier alpha value is -6.08. The van der Waals surface area contributed by atoms with Crippen LogP contribution < -0.4 is 14.7 Å².